The summed E-state index contributed by atoms with van der Waals surface area (Å²) in [5, 5.41) is 0. The van der Waals surface area contributed by atoms with Crippen LogP contribution in [0.15, 0.2) is 46.9 Å². The van der Waals surface area contributed by atoms with Crippen LogP contribution in [0.2, 0.25) is 0 Å². The summed E-state index contributed by atoms with van der Waals surface area (Å²) >= 11 is 3.03. The minimum Gasteiger partial charge on any atom is -0.497 e. The number of hydrogen-bond donors (Lipinski definition) is 0. The molecule has 2 rings (SSSR count). The molecule has 0 spiro atoms. The Morgan fingerprint density at radius 2 is 1.71 bits per heavy atom. The first-order valence-corrected chi connectivity index (χ1v) is 6.82. The van der Waals surface area contributed by atoms with E-state index in [2.05, 4.69) is 15.9 Å². The Hall–Kier alpha value is -1.69. The molecule has 0 unspecified atom stereocenters. The minimum atomic E-state index is -4.46. The molecule has 0 saturated heterocycles. The van der Waals surface area contributed by atoms with E-state index in [9.17, 15) is 13.2 Å². The fraction of sp³-hybridized carbons (Fsp3) is 0.200. The van der Waals surface area contributed by atoms with E-state index in [4.69, 9.17) is 9.47 Å². The van der Waals surface area contributed by atoms with Gasteiger partial charge in [0.2, 0.25) is 0 Å². The molecule has 0 fully saturated rings. The number of hydrogen-bond acceptors (Lipinski definition) is 2. The second-order valence-electron chi connectivity index (χ2n) is 4.27. The molecule has 112 valence electrons. The van der Waals surface area contributed by atoms with Gasteiger partial charge in [0.25, 0.3) is 0 Å². The molecular formula is C15H12BrF3O2. The molecular weight excluding hydrogens is 349 g/mol. The zero-order chi connectivity index (χ0) is 15.5. The highest BCUT2D eigenvalue weighted by Crippen LogP contribution is 2.38. The Morgan fingerprint density at radius 1 is 1.05 bits per heavy atom. The van der Waals surface area contributed by atoms with Gasteiger partial charge in [-0.05, 0) is 35.9 Å². The number of benzene rings is 2. The van der Waals surface area contributed by atoms with Crippen molar-refractivity contribution in [2.24, 2.45) is 0 Å². The molecule has 0 amide bonds. The summed E-state index contributed by atoms with van der Waals surface area (Å²) in [6, 6.07) is 10.8. The Kier molecular flexibility index (Phi) is 4.77. The molecule has 2 aromatic rings. The van der Waals surface area contributed by atoms with Crippen LogP contribution in [0.1, 0.15) is 11.1 Å². The highest BCUT2D eigenvalue weighted by Gasteiger charge is 2.34. The third-order valence-electron chi connectivity index (χ3n) is 2.80. The van der Waals surface area contributed by atoms with Crippen molar-refractivity contribution >= 4 is 15.9 Å². The smallest absolute Gasteiger partial charge is 0.420 e. The van der Waals surface area contributed by atoms with Crippen LogP contribution in [0, 0.1) is 0 Å². The maximum atomic E-state index is 12.9. The average Bonchev–Trinajstić information content (AvgIpc) is 2.45. The molecule has 0 aliphatic carbocycles. The zero-order valence-electron chi connectivity index (χ0n) is 11.1. The molecule has 0 atom stereocenters. The number of methoxy groups -OCH3 is 1. The minimum absolute atomic E-state index is 0.0503. The van der Waals surface area contributed by atoms with Crippen molar-refractivity contribution in [1.29, 1.82) is 0 Å². The summed E-state index contributed by atoms with van der Waals surface area (Å²) in [4.78, 5) is 0. The molecule has 0 bridgehead atoms. The number of rotatable bonds is 4. The van der Waals surface area contributed by atoms with Gasteiger partial charge in [0.15, 0.2) is 0 Å². The van der Waals surface area contributed by atoms with E-state index < -0.39 is 11.7 Å². The van der Waals surface area contributed by atoms with E-state index in [1.807, 2.05) is 0 Å². The molecule has 0 aliphatic rings. The SMILES string of the molecule is COc1ccc(COc2ccc(Br)cc2C(F)(F)F)cc1. The lowest BCUT2D eigenvalue weighted by atomic mass is 10.2. The van der Waals surface area contributed by atoms with Crippen LogP contribution in [0.25, 0.3) is 0 Å². The molecule has 0 heterocycles. The Bertz CT molecular complexity index is 609. The van der Waals surface area contributed by atoms with Gasteiger partial charge >= 0.3 is 6.18 Å². The summed E-state index contributed by atoms with van der Waals surface area (Å²) in [7, 11) is 1.54. The number of halogens is 4. The first-order valence-electron chi connectivity index (χ1n) is 6.02. The Balaban J connectivity index is 2.15. The van der Waals surface area contributed by atoms with Crippen molar-refractivity contribution in [3.63, 3.8) is 0 Å². The van der Waals surface area contributed by atoms with E-state index in [0.29, 0.717) is 10.2 Å². The van der Waals surface area contributed by atoms with Crippen molar-refractivity contribution in [2.45, 2.75) is 12.8 Å². The summed E-state index contributed by atoms with van der Waals surface area (Å²) in [6.45, 7) is 0.0503. The second-order valence-corrected chi connectivity index (χ2v) is 5.19. The maximum Gasteiger partial charge on any atom is 0.420 e. The van der Waals surface area contributed by atoms with Gasteiger partial charge in [0.1, 0.15) is 18.1 Å². The number of ether oxygens (including phenoxy) is 2. The molecule has 0 saturated carbocycles. The lowest BCUT2D eigenvalue weighted by Gasteiger charge is -2.14. The van der Waals surface area contributed by atoms with Gasteiger partial charge in [-0.25, -0.2) is 0 Å². The topological polar surface area (TPSA) is 18.5 Å². The molecule has 2 nitrogen and oxygen atoms in total. The molecule has 0 radical (unpaired) electrons. The van der Waals surface area contributed by atoms with Gasteiger partial charge in [-0.1, -0.05) is 28.1 Å². The Morgan fingerprint density at radius 3 is 2.29 bits per heavy atom. The zero-order valence-corrected chi connectivity index (χ0v) is 12.7. The fourth-order valence-corrected chi connectivity index (χ4v) is 2.09. The predicted octanol–water partition coefficient (Wildman–Crippen LogP) is 5.06. The largest absolute Gasteiger partial charge is 0.497 e. The van der Waals surface area contributed by atoms with Crippen LogP contribution < -0.4 is 9.47 Å². The van der Waals surface area contributed by atoms with Crippen LogP contribution in [-0.2, 0) is 12.8 Å². The van der Waals surface area contributed by atoms with E-state index in [-0.39, 0.29) is 12.4 Å². The van der Waals surface area contributed by atoms with Crippen molar-refractivity contribution in [2.75, 3.05) is 7.11 Å². The van der Waals surface area contributed by atoms with Crippen LogP contribution in [-0.4, -0.2) is 7.11 Å². The molecule has 0 aromatic heterocycles. The summed E-state index contributed by atoms with van der Waals surface area (Å²) < 4.78 is 49.5. The van der Waals surface area contributed by atoms with E-state index >= 15 is 0 Å². The maximum absolute atomic E-state index is 12.9. The Labute approximate surface area is 128 Å². The normalized spacial score (nSPS) is 11.3. The molecule has 0 N–H and O–H groups in total. The molecule has 21 heavy (non-hydrogen) atoms. The van der Waals surface area contributed by atoms with E-state index in [1.165, 1.54) is 12.1 Å². The van der Waals surface area contributed by atoms with Crippen LogP contribution >= 0.6 is 15.9 Å². The standard InChI is InChI=1S/C15H12BrF3O2/c1-20-12-5-2-10(3-6-12)9-21-14-7-4-11(16)8-13(14)15(17,18)19/h2-8H,9H2,1H3. The average molecular weight is 361 g/mol. The first-order chi connectivity index (χ1) is 9.90. The third-order valence-corrected chi connectivity index (χ3v) is 3.29. The third kappa shape index (κ3) is 4.14. The summed E-state index contributed by atoms with van der Waals surface area (Å²) in [6.07, 6.45) is -4.46. The van der Waals surface area contributed by atoms with Crippen molar-refractivity contribution < 1.29 is 22.6 Å². The summed E-state index contributed by atoms with van der Waals surface area (Å²) in [5.41, 5.74) is -0.0442. The second kappa shape index (κ2) is 6.39. The highest BCUT2D eigenvalue weighted by atomic mass is 79.9. The quantitative estimate of drug-likeness (QED) is 0.758. The van der Waals surface area contributed by atoms with Crippen molar-refractivity contribution in [1.82, 2.24) is 0 Å². The lowest BCUT2D eigenvalue weighted by molar-refractivity contribution is -0.139. The lowest BCUT2D eigenvalue weighted by Crippen LogP contribution is -2.08. The van der Waals surface area contributed by atoms with E-state index in [0.717, 1.165) is 11.6 Å². The summed E-state index contributed by atoms with van der Waals surface area (Å²) in [5.74, 6) is 0.486. The fourth-order valence-electron chi connectivity index (χ4n) is 1.73. The molecule has 0 aliphatic heterocycles. The van der Waals surface area contributed by atoms with Crippen LogP contribution in [0.3, 0.4) is 0 Å². The first kappa shape index (κ1) is 15.7. The molecule has 2 aromatic carbocycles. The highest BCUT2D eigenvalue weighted by molar-refractivity contribution is 9.10. The molecule has 6 heteroatoms. The van der Waals surface area contributed by atoms with Gasteiger partial charge in [-0.15, -0.1) is 0 Å². The predicted molar refractivity (Wildman–Crippen MR) is 76.5 cm³/mol. The van der Waals surface area contributed by atoms with Gasteiger partial charge in [-0.2, -0.15) is 13.2 Å². The van der Waals surface area contributed by atoms with Gasteiger partial charge in [0, 0.05) is 4.47 Å². The number of alkyl halides is 3. The van der Waals surface area contributed by atoms with Gasteiger partial charge in [0.05, 0.1) is 12.7 Å². The van der Waals surface area contributed by atoms with E-state index in [1.54, 1.807) is 31.4 Å². The monoisotopic (exact) mass is 360 g/mol. The van der Waals surface area contributed by atoms with Gasteiger partial charge < -0.3 is 9.47 Å². The van der Waals surface area contributed by atoms with Crippen molar-refractivity contribution in [3.05, 3.63) is 58.1 Å². The van der Waals surface area contributed by atoms with Crippen LogP contribution in [0.5, 0.6) is 11.5 Å². The van der Waals surface area contributed by atoms with Gasteiger partial charge in [-0.3, -0.25) is 0 Å². The van der Waals surface area contributed by atoms with Crippen LogP contribution in [0.4, 0.5) is 13.2 Å². The van der Waals surface area contributed by atoms with Crippen molar-refractivity contribution in [3.8, 4) is 11.5 Å².